The van der Waals surface area contributed by atoms with E-state index in [1.165, 1.54) is 17.4 Å². The number of halogens is 2. The van der Waals surface area contributed by atoms with Crippen LogP contribution in [0.25, 0.3) is 10.2 Å². The predicted octanol–water partition coefficient (Wildman–Crippen LogP) is 4.19. The first-order valence-corrected chi connectivity index (χ1v) is 6.57. The second-order valence-corrected chi connectivity index (χ2v) is 5.12. The van der Waals surface area contributed by atoms with E-state index < -0.39 is 11.6 Å². The van der Waals surface area contributed by atoms with Crippen LogP contribution in [0, 0.1) is 11.6 Å². The summed E-state index contributed by atoms with van der Waals surface area (Å²) in [6, 6.07) is 12.0. The molecule has 1 heterocycles. The molecule has 0 atom stereocenters. The van der Waals surface area contributed by atoms with Crippen molar-refractivity contribution >= 4 is 26.7 Å². The van der Waals surface area contributed by atoms with Crippen molar-refractivity contribution in [3.05, 3.63) is 59.7 Å². The summed E-state index contributed by atoms with van der Waals surface area (Å²) >= 11 is 1.24. The molecule has 0 saturated carbocycles. The second-order valence-electron chi connectivity index (χ2n) is 4.09. The van der Waals surface area contributed by atoms with Crippen molar-refractivity contribution in [2.45, 2.75) is 6.54 Å². The van der Waals surface area contributed by atoms with Crippen LogP contribution in [-0.4, -0.2) is 4.98 Å². The quantitative estimate of drug-likeness (QED) is 0.776. The molecule has 2 aromatic carbocycles. The number of nitrogens with zero attached hydrogens (tertiary/aromatic N) is 1. The van der Waals surface area contributed by atoms with Gasteiger partial charge in [0.25, 0.3) is 0 Å². The van der Waals surface area contributed by atoms with Gasteiger partial charge in [-0.2, -0.15) is 0 Å². The van der Waals surface area contributed by atoms with E-state index in [9.17, 15) is 8.78 Å². The molecule has 0 spiro atoms. The molecule has 3 rings (SSSR count). The number of hydrogen-bond donors (Lipinski definition) is 1. The van der Waals surface area contributed by atoms with Gasteiger partial charge in [0.2, 0.25) is 0 Å². The maximum absolute atomic E-state index is 13.5. The Labute approximate surface area is 112 Å². The average Bonchev–Trinajstić information content (AvgIpc) is 2.81. The Morgan fingerprint density at radius 3 is 2.68 bits per heavy atom. The lowest BCUT2D eigenvalue weighted by Gasteiger charge is -2.01. The molecule has 3 aromatic rings. The highest BCUT2D eigenvalue weighted by molar-refractivity contribution is 7.22. The van der Waals surface area contributed by atoms with Crippen LogP contribution < -0.4 is 5.32 Å². The third-order valence-electron chi connectivity index (χ3n) is 2.70. The number of nitrogens with one attached hydrogen (secondary N) is 1. The molecule has 0 aliphatic heterocycles. The summed E-state index contributed by atoms with van der Waals surface area (Å²) < 4.78 is 27.1. The summed E-state index contributed by atoms with van der Waals surface area (Å²) in [5.41, 5.74) is 1.32. The molecule has 1 aromatic heterocycles. The zero-order valence-corrected chi connectivity index (χ0v) is 10.7. The molecular formula is C14H10F2N2S. The number of fused-ring (bicyclic) bond motifs is 1. The highest BCUT2D eigenvalue weighted by Gasteiger charge is 2.10. The van der Waals surface area contributed by atoms with E-state index >= 15 is 0 Å². The fourth-order valence-corrected chi connectivity index (χ4v) is 2.71. The topological polar surface area (TPSA) is 24.9 Å². The minimum Gasteiger partial charge on any atom is -0.357 e. The second kappa shape index (κ2) is 4.93. The lowest BCUT2D eigenvalue weighted by molar-refractivity contribution is 0.591. The Balaban J connectivity index is 1.84. The van der Waals surface area contributed by atoms with E-state index in [4.69, 9.17) is 0 Å². The average molecular weight is 276 g/mol. The Hall–Kier alpha value is -2.01. The zero-order valence-electron chi connectivity index (χ0n) is 9.86. The number of hydrogen-bond acceptors (Lipinski definition) is 3. The van der Waals surface area contributed by atoms with E-state index in [0.29, 0.717) is 16.4 Å². The van der Waals surface area contributed by atoms with Crippen LogP contribution in [0.3, 0.4) is 0 Å². The van der Waals surface area contributed by atoms with E-state index in [2.05, 4.69) is 10.3 Å². The van der Waals surface area contributed by atoms with Gasteiger partial charge in [-0.25, -0.2) is 13.8 Å². The SMILES string of the molecule is Fc1cc(F)c2nc(NCc3ccccc3)sc2c1. The molecule has 0 fully saturated rings. The van der Waals surface area contributed by atoms with Gasteiger partial charge in [0.15, 0.2) is 10.9 Å². The van der Waals surface area contributed by atoms with Gasteiger partial charge in [-0.05, 0) is 11.6 Å². The van der Waals surface area contributed by atoms with Crippen molar-refractivity contribution in [3.8, 4) is 0 Å². The van der Waals surface area contributed by atoms with Gasteiger partial charge in [-0.15, -0.1) is 0 Å². The van der Waals surface area contributed by atoms with Gasteiger partial charge in [0, 0.05) is 12.6 Å². The molecule has 0 aliphatic rings. The summed E-state index contributed by atoms with van der Waals surface area (Å²) in [6.07, 6.45) is 0. The highest BCUT2D eigenvalue weighted by Crippen LogP contribution is 2.28. The molecule has 2 nitrogen and oxygen atoms in total. The number of rotatable bonds is 3. The lowest BCUT2D eigenvalue weighted by atomic mass is 10.2. The smallest absolute Gasteiger partial charge is 0.184 e. The van der Waals surface area contributed by atoms with Gasteiger partial charge >= 0.3 is 0 Å². The van der Waals surface area contributed by atoms with Crippen LogP contribution in [0.5, 0.6) is 0 Å². The molecule has 0 aliphatic carbocycles. The zero-order chi connectivity index (χ0) is 13.2. The monoisotopic (exact) mass is 276 g/mol. The molecule has 0 radical (unpaired) electrons. The molecule has 0 unspecified atom stereocenters. The Morgan fingerprint density at radius 2 is 1.89 bits per heavy atom. The maximum atomic E-state index is 13.5. The van der Waals surface area contributed by atoms with E-state index in [1.54, 1.807) is 0 Å². The van der Waals surface area contributed by atoms with E-state index in [1.807, 2.05) is 30.3 Å². The molecule has 96 valence electrons. The van der Waals surface area contributed by atoms with E-state index in [0.717, 1.165) is 11.6 Å². The summed E-state index contributed by atoms with van der Waals surface area (Å²) in [5, 5.41) is 3.70. The number of benzene rings is 2. The van der Waals surface area contributed by atoms with Crippen molar-refractivity contribution in [3.63, 3.8) is 0 Å². The third kappa shape index (κ3) is 2.56. The Bertz CT molecular complexity index is 710. The van der Waals surface area contributed by atoms with E-state index in [-0.39, 0.29) is 5.52 Å². The minimum absolute atomic E-state index is 0.210. The molecule has 5 heteroatoms. The lowest BCUT2D eigenvalue weighted by Crippen LogP contribution is -1.98. The van der Waals surface area contributed by atoms with Crippen molar-refractivity contribution in [2.24, 2.45) is 0 Å². The standard InChI is InChI=1S/C14H10F2N2S/c15-10-6-11(16)13-12(7-10)19-14(18-13)17-8-9-4-2-1-3-5-9/h1-7H,8H2,(H,17,18). The first-order valence-electron chi connectivity index (χ1n) is 5.76. The van der Waals surface area contributed by atoms with Crippen LogP contribution in [0.4, 0.5) is 13.9 Å². The normalized spacial score (nSPS) is 10.8. The van der Waals surface area contributed by atoms with Crippen LogP contribution in [0.1, 0.15) is 5.56 Å². The first kappa shape index (κ1) is 12.0. The highest BCUT2D eigenvalue weighted by atomic mass is 32.1. The molecule has 1 N–H and O–H groups in total. The first-order chi connectivity index (χ1) is 9.22. The molecule has 0 bridgehead atoms. The van der Waals surface area contributed by atoms with Gasteiger partial charge in [0.1, 0.15) is 11.3 Å². The summed E-state index contributed by atoms with van der Waals surface area (Å²) in [7, 11) is 0. The van der Waals surface area contributed by atoms with Gasteiger partial charge in [-0.3, -0.25) is 0 Å². The van der Waals surface area contributed by atoms with Crippen molar-refractivity contribution < 1.29 is 8.78 Å². The summed E-state index contributed by atoms with van der Waals surface area (Å²) in [5.74, 6) is -1.21. The largest absolute Gasteiger partial charge is 0.357 e. The molecule has 0 saturated heterocycles. The van der Waals surface area contributed by atoms with Crippen molar-refractivity contribution in [1.29, 1.82) is 0 Å². The number of thiazole rings is 1. The van der Waals surface area contributed by atoms with Crippen molar-refractivity contribution in [1.82, 2.24) is 4.98 Å². The maximum Gasteiger partial charge on any atom is 0.184 e. The molecule has 19 heavy (non-hydrogen) atoms. The summed E-state index contributed by atoms with van der Waals surface area (Å²) in [6.45, 7) is 0.602. The molecular weight excluding hydrogens is 266 g/mol. The Morgan fingerprint density at radius 1 is 1.11 bits per heavy atom. The summed E-state index contributed by atoms with van der Waals surface area (Å²) in [4.78, 5) is 4.13. The van der Waals surface area contributed by atoms with Crippen LogP contribution >= 0.6 is 11.3 Å². The van der Waals surface area contributed by atoms with Crippen LogP contribution in [-0.2, 0) is 6.54 Å². The van der Waals surface area contributed by atoms with Gasteiger partial charge in [-0.1, -0.05) is 41.7 Å². The number of aromatic nitrogens is 1. The van der Waals surface area contributed by atoms with Crippen molar-refractivity contribution in [2.75, 3.05) is 5.32 Å². The van der Waals surface area contributed by atoms with Gasteiger partial charge in [0.05, 0.1) is 4.70 Å². The predicted molar refractivity (Wildman–Crippen MR) is 73.3 cm³/mol. The minimum atomic E-state index is -0.626. The number of anilines is 1. The van der Waals surface area contributed by atoms with Gasteiger partial charge < -0.3 is 5.32 Å². The van der Waals surface area contributed by atoms with Crippen LogP contribution in [0.2, 0.25) is 0 Å². The van der Waals surface area contributed by atoms with Crippen LogP contribution in [0.15, 0.2) is 42.5 Å². The Kier molecular flexibility index (Phi) is 3.13. The fraction of sp³-hybridized carbons (Fsp3) is 0.0714. The molecule has 0 amide bonds. The third-order valence-corrected chi connectivity index (χ3v) is 3.66. The fourth-order valence-electron chi connectivity index (χ4n) is 1.81.